The Morgan fingerprint density at radius 1 is 1.33 bits per heavy atom. The van der Waals surface area contributed by atoms with Gasteiger partial charge in [0.2, 0.25) is 5.95 Å². The summed E-state index contributed by atoms with van der Waals surface area (Å²) in [5, 5.41) is 10.7. The Kier molecular flexibility index (Phi) is 3.24. The lowest BCUT2D eigenvalue weighted by molar-refractivity contribution is 0.0836. The molecule has 3 aromatic rings. The van der Waals surface area contributed by atoms with Gasteiger partial charge in [0.05, 0.1) is 17.5 Å². The number of carbonyl (C=O) groups is 1. The van der Waals surface area contributed by atoms with E-state index in [-0.39, 0.29) is 5.78 Å². The zero-order chi connectivity index (χ0) is 16.9. The highest BCUT2D eigenvalue weighted by atomic mass is 32.1. The number of ketones is 1. The number of Topliss-reactive ketones (excluding diaryl/α,β-unsaturated/α-hetero) is 1. The van der Waals surface area contributed by atoms with E-state index in [0.717, 1.165) is 21.8 Å². The number of fused-ring (bicyclic) bond motifs is 3. The van der Waals surface area contributed by atoms with E-state index in [2.05, 4.69) is 30.5 Å². The quantitative estimate of drug-likeness (QED) is 0.744. The molecule has 0 spiro atoms. The molecule has 2 N–H and O–H groups in total. The highest BCUT2D eigenvalue weighted by Crippen LogP contribution is 2.42. The molecule has 8 heteroatoms. The number of aryl methyl sites for hydroxylation is 1. The third-order valence-corrected chi connectivity index (χ3v) is 5.02. The minimum absolute atomic E-state index is 0.0664. The van der Waals surface area contributed by atoms with Crippen molar-refractivity contribution in [1.82, 2.24) is 25.1 Å². The van der Waals surface area contributed by atoms with E-state index in [4.69, 9.17) is 0 Å². The molecular formula is C16H16N6OS. The second-order valence-electron chi connectivity index (χ2n) is 6.49. The van der Waals surface area contributed by atoms with Crippen LogP contribution in [-0.4, -0.2) is 30.9 Å². The van der Waals surface area contributed by atoms with Gasteiger partial charge in [-0.2, -0.15) is 5.10 Å². The van der Waals surface area contributed by atoms with Crippen molar-refractivity contribution in [1.29, 1.82) is 0 Å². The predicted molar refractivity (Wildman–Crippen MR) is 91.6 cm³/mol. The van der Waals surface area contributed by atoms with Crippen molar-refractivity contribution in [3.8, 4) is 11.3 Å². The van der Waals surface area contributed by atoms with Crippen molar-refractivity contribution in [2.45, 2.75) is 27.2 Å². The molecule has 1 aliphatic rings. The molecule has 1 aliphatic carbocycles. The molecule has 7 nitrogen and oxygen atoms in total. The van der Waals surface area contributed by atoms with Gasteiger partial charge in [0, 0.05) is 22.2 Å². The lowest BCUT2D eigenvalue weighted by atomic mass is 9.84. The maximum absolute atomic E-state index is 12.7. The Morgan fingerprint density at radius 2 is 2.17 bits per heavy atom. The predicted octanol–water partition coefficient (Wildman–Crippen LogP) is 3.14. The van der Waals surface area contributed by atoms with Crippen molar-refractivity contribution in [2.75, 3.05) is 5.32 Å². The van der Waals surface area contributed by atoms with Crippen LogP contribution in [0.15, 0.2) is 18.5 Å². The minimum Gasteiger partial charge on any atom is -0.300 e. The van der Waals surface area contributed by atoms with Crippen LogP contribution in [0, 0.1) is 12.3 Å². The van der Waals surface area contributed by atoms with Crippen molar-refractivity contribution < 1.29 is 4.79 Å². The molecule has 0 unspecified atom stereocenters. The molecule has 0 saturated carbocycles. The average molecular weight is 340 g/mol. The molecule has 122 valence electrons. The number of H-pyrrole nitrogens is 1. The standard InChI is InChI=1S/C16H16N6OS/c1-8-4-5-17-14(19-8)21-15-20-11-9-7-18-22-12(9)13(23)16(2,3)6-10(11)24-15/h4-5,7H,6H2,1-3H3,(H,18,22)(H,17,19,20,21). The molecule has 0 atom stereocenters. The van der Waals surface area contributed by atoms with Crippen molar-refractivity contribution in [3.05, 3.63) is 34.7 Å². The topological polar surface area (TPSA) is 96.5 Å². The Labute approximate surface area is 142 Å². The molecule has 0 amide bonds. The van der Waals surface area contributed by atoms with E-state index in [1.165, 1.54) is 11.3 Å². The second kappa shape index (κ2) is 5.20. The van der Waals surface area contributed by atoms with Gasteiger partial charge in [0.1, 0.15) is 5.69 Å². The molecule has 0 bridgehead atoms. The van der Waals surface area contributed by atoms with Crippen molar-refractivity contribution >= 4 is 28.2 Å². The summed E-state index contributed by atoms with van der Waals surface area (Å²) in [5.41, 5.74) is 2.47. The van der Waals surface area contributed by atoms with Crippen LogP contribution in [0.25, 0.3) is 11.3 Å². The van der Waals surface area contributed by atoms with Crippen LogP contribution in [0.1, 0.15) is 34.9 Å². The Morgan fingerprint density at radius 3 is 2.96 bits per heavy atom. The molecule has 0 saturated heterocycles. The molecule has 0 aliphatic heterocycles. The average Bonchev–Trinajstić information content (AvgIpc) is 3.11. The van der Waals surface area contributed by atoms with Gasteiger partial charge >= 0.3 is 0 Å². The number of rotatable bonds is 2. The van der Waals surface area contributed by atoms with Gasteiger partial charge in [0.15, 0.2) is 10.9 Å². The van der Waals surface area contributed by atoms with Crippen LogP contribution in [0.5, 0.6) is 0 Å². The number of hydrogen-bond donors (Lipinski definition) is 2. The van der Waals surface area contributed by atoms with Crippen LogP contribution >= 0.6 is 11.3 Å². The van der Waals surface area contributed by atoms with E-state index >= 15 is 0 Å². The van der Waals surface area contributed by atoms with E-state index in [1.807, 2.05) is 26.8 Å². The first-order valence-corrected chi connectivity index (χ1v) is 8.40. The summed E-state index contributed by atoms with van der Waals surface area (Å²) in [6.45, 7) is 5.81. The monoisotopic (exact) mass is 340 g/mol. The number of carbonyl (C=O) groups excluding carboxylic acids is 1. The van der Waals surface area contributed by atoms with Gasteiger partial charge in [0.25, 0.3) is 0 Å². The fourth-order valence-electron chi connectivity index (χ4n) is 2.80. The second-order valence-corrected chi connectivity index (χ2v) is 7.57. The number of aromatic amines is 1. The number of nitrogens with one attached hydrogen (secondary N) is 2. The summed E-state index contributed by atoms with van der Waals surface area (Å²) in [6, 6.07) is 1.84. The van der Waals surface area contributed by atoms with Gasteiger partial charge in [-0.05, 0) is 19.4 Å². The van der Waals surface area contributed by atoms with Crippen LogP contribution < -0.4 is 5.32 Å². The molecule has 0 fully saturated rings. The summed E-state index contributed by atoms with van der Waals surface area (Å²) < 4.78 is 0. The highest BCUT2D eigenvalue weighted by Gasteiger charge is 2.38. The van der Waals surface area contributed by atoms with Crippen LogP contribution in [0.2, 0.25) is 0 Å². The SMILES string of the molecule is Cc1ccnc(Nc2nc3c(s2)CC(C)(C)C(=O)c2[nH]ncc2-3)n1. The van der Waals surface area contributed by atoms with Crippen LogP contribution in [-0.2, 0) is 6.42 Å². The maximum Gasteiger partial charge on any atom is 0.229 e. The van der Waals surface area contributed by atoms with Gasteiger partial charge in [-0.3, -0.25) is 9.89 Å². The largest absolute Gasteiger partial charge is 0.300 e. The Bertz CT molecular complexity index is 942. The lowest BCUT2D eigenvalue weighted by Gasteiger charge is -2.19. The molecule has 0 aromatic carbocycles. The summed E-state index contributed by atoms with van der Waals surface area (Å²) in [4.78, 5) is 26.9. The summed E-state index contributed by atoms with van der Waals surface area (Å²) >= 11 is 1.52. The van der Waals surface area contributed by atoms with E-state index < -0.39 is 5.41 Å². The van der Waals surface area contributed by atoms with Gasteiger partial charge in [-0.15, -0.1) is 11.3 Å². The summed E-state index contributed by atoms with van der Waals surface area (Å²) in [7, 11) is 0. The highest BCUT2D eigenvalue weighted by molar-refractivity contribution is 7.16. The van der Waals surface area contributed by atoms with Crippen molar-refractivity contribution in [2.24, 2.45) is 5.41 Å². The summed E-state index contributed by atoms with van der Waals surface area (Å²) in [6.07, 6.45) is 4.01. The first-order valence-electron chi connectivity index (χ1n) is 7.59. The third kappa shape index (κ3) is 2.39. The number of aromatic nitrogens is 5. The zero-order valence-corrected chi connectivity index (χ0v) is 14.4. The molecule has 4 rings (SSSR count). The fourth-order valence-corrected chi connectivity index (χ4v) is 4.00. The Hall–Kier alpha value is -2.61. The van der Waals surface area contributed by atoms with E-state index in [0.29, 0.717) is 23.2 Å². The molecular weight excluding hydrogens is 324 g/mol. The zero-order valence-electron chi connectivity index (χ0n) is 13.5. The molecule has 0 radical (unpaired) electrons. The summed E-state index contributed by atoms with van der Waals surface area (Å²) in [5.74, 6) is 0.582. The normalized spacial score (nSPS) is 15.5. The first kappa shape index (κ1) is 14.9. The van der Waals surface area contributed by atoms with Gasteiger partial charge in [-0.25, -0.2) is 15.0 Å². The lowest BCUT2D eigenvalue weighted by Crippen LogP contribution is -2.26. The van der Waals surface area contributed by atoms with Crippen molar-refractivity contribution in [3.63, 3.8) is 0 Å². The number of anilines is 2. The van der Waals surface area contributed by atoms with E-state index in [9.17, 15) is 4.79 Å². The molecule has 3 aromatic heterocycles. The first-order chi connectivity index (χ1) is 11.4. The van der Waals surface area contributed by atoms with Gasteiger partial charge < -0.3 is 5.32 Å². The minimum atomic E-state index is -0.504. The maximum atomic E-state index is 12.7. The fraction of sp³-hybridized carbons (Fsp3) is 0.312. The Balaban J connectivity index is 1.78. The third-order valence-electron chi connectivity index (χ3n) is 4.05. The number of thiazole rings is 1. The van der Waals surface area contributed by atoms with E-state index in [1.54, 1.807) is 12.4 Å². The number of nitrogens with zero attached hydrogens (tertiary/aromatic N) is 4. The molecule has 24 heavy (non-hydrogen) atoms. The smallest absolute Gasteiger partial charge is 0.229 e. The van der Waals surface area contributed by atoms with Gasteiger partial charge in [-0.1, -0.05) is 13.8 Å². The number of hydrogen-bond acceptors (Lipinski definition) is 7. The van der Waals surface area contributed by atoms with Crippen LogP contribution in [0.4, 0.5) is 11.1 Å². The van der Waals surface area contributed by atoms with Crippen LogP contribution in [0.3, 0.4) is 0 Å². The molecule has 3 heterocycles.